The Kier molecular flexibility index (Phi) is 3.15. The zero-order chi connectivity index (χ0) is 12.5. The van der Waals surface area contributed by atoms with Crippen molar-refractivity contribution in [3.8, 4) is 0 Å². The molecule has 1 unspecified atom stereocenters. The van der Waals surface area contributed by atoms with Crippen LogP contribution in [0.5, 0.6) is 0 Å². The molecule has 0 radical (unpaired) electrons. The molecule has 0 fully saturated rings. The van der Waals surface area contributed by atoms with Gasteiger partial charge in [-0.25, -0.2) is 4.98 Å². The Morgan fingerprint density at radius 3 is 3.11 bits per heavy atom. The summed E-state index contributed by atoms with van der Waals surface area (Å²) in [4.78, 5) is 9.66. The Balaban J connectivity index is 1.81. The quantitative estimate of drug-likeness (QED) is 0.806. The van der Waals surface area contributed by atoms with Crippen LogP contribution in [0.4, 0.5) is 0 Å². The molecule has 1 atom stereocenters. The van der Waals surface area contributed by atoms with Crippen LogP contribution in [0.2, 0.25) is 0 Å². The maximum atomic E-state index is 6.18. The number of nitrogens with zero attached hydrogens (tertiary/aromatic N) is 3. The van der Waals surface area contributed by atoms with E-state index in [4.69, 9.17) is 5.73 Å². The van der Waals surface area contributed by atoms with E-state index in [1.165, 1.54) is 0 Å². The zero-order valence-corrected chi connectivity index (χ0v) is 11.9. The van der Waals surface area contributed by atoms with Crippen molar-refractivity contribution in [2.75, 3.05) is 0 Å². The number of rotatable bonds is 3. The number of imidazole rings is 1. The van der Waals surface area contributed by atoms with Crippen molar-refractivity contribution in [3.63, 3.8) is 0 Å². The molecule has 6 heteroatoms. The van der Waals surface area contributed by atoms with Gasteiger partial charge in [0.05, 0.1) is 5.69 Å². The van der Waals surface area contributed by atoms with E-state index in [-0.39, 0.29) is 6.04 Å². The second kappa shape index (κ2) is 4.79. The lowest BCUT2D eigenvalue weighted by Gasteiger charge is -2.09. The van der Waals surface area contributed by atoms with Crippen molar-refractivity contribution < 1.29 is 0 Å². The fourth-order valence-corrected chi connectivity index (χ4v) is 2.95. The minimum atomic E-state index is -0.0837. The van der Waals surface area contributed by atoms with E-state index >= 15 is 0 Å². The van der Waals surface area contributed by atoms with Gasteiger partial charge in [-0.2, -0.15) is 0 Å². The highest BCUT2D eigenvalue weighted by molar-refractivity contribution is 9.10. The average molecular weight is 323 g/mol. The van der Waals surface area contributed by atoms with Gasteiger partial charge in [0.25, 0.3) is 0 Å². The van der Waals surface area contributed by atoms with Crippen LogP contribution in [0.15, 0.2) is 40.7 Å². The van der Waals surface area contributed by atoms with Crippen LogP contribution in [0.25, 0.3) is 4.96 Å². The lowest BCUT2D eigenvalue weighted by atomic mass is 10.1. The number of aromatic nitrogens is 3. The summed E-state index contributed by atoms with van der Waals surface area (Å²) in [5.74, 6) is 0. The Morgan fingerprint density at radius 2 is 2.33 bits per heavy atom. The van der Waals surface area contributed by atoms with Gasteiger partial charge in [-0.05, 0) is 27.6 Å². The van der Waals surface area contributed by atoms with E-state index in [9.17, 15) is 0 Å². The fraction of sp³-hybridized carbons (Fsp3) is 0.167. The molecule has 0 aromatic carbocycles. The molecule has 0 aliphatic rings. The van der Waals surface area contributed by atoms with E-state index in [0.717, 1.165) is 20.7 Å². The molecule has 0 spiro atoms. The van der Waals surface area contributed by atoms with Crippen molar-refractivity contribution >= 4 is 32.2 Å². The third kappa shape index (κ3) is 2.31. The minimum Gasteiger partial charge on any atom is -0.324 e. The Hall–Kier alpha value is -1.24. The van der Waals surface area contributed by atoms with Crippen molar-refractivity contribution in [1.29, 1.82) is 0 Å². The second-order valence-corrected chi connectivity index (χ2v) is 5.86. The highest BCUT2D eigenvalue weighted by atomic mass is 79.9. The van der Waals surface area contributed by atoms with Gasteiger partial charge < -0.3 is 5.73 Å². The normalized spacial score (nSPS) is 13.0. The summed E-state index contributed by atoms with van der Waals surface area (Å²) in [7, 11) is 0. The first kappa shape index (κ1) is 11.8. The average Bonchev–Trinajstić information content (AvgIpc) is 2.89. The first-order chi connectivity index (χ1) is 8.72. The summed E-state index contributed by atoms with van der Waals surface area (Å²) >= 11 is 5.03. The lowest BCUT2D eigenvalue weighted by Crippen LogP contribution is -2.13. The van der Waals surface area contributed by atoms with Crippen molar-refractivity contribution in [2.45, 2.75) is 12.5 Å². The molecule has 3 heterocycles. The Morgan fingerprint density at radius 1 is 1.44 bits per heavy atom. The topological polar surface area (TPSA) is 56.2 Å². The number of halogens is 1. The van der Waals surface area contributed by atoms with Crippen LogP contribution >= 0.6 is 27.3 Å². The van der Waals surface area contributed by atoms with Crippen LogP contribution in [0, 0.1) is 0 Å². The summed E-state index contributed by atoms with van der Waals surface area (Å²) in [6, 6.07) is 1.91. The number of pyridine rings is 1. The standard InChI is InChI=1S/C12H11BrN4S/c13-9-3-8(5-15-6-9)11(14)4-10-7-17-1-2-18-12(17)16-10/h1-3,5-7,11H,4,14H2. The largest absolute Gasteiger partial charge is 0.324 e. The molecule has 0 saturated heterocycles. The molecule has 0 saturated carbocycles. The predicted octanol–water partition coefficient (Wildman–Crippen LogP) is 2.80. The van der Waals surface area contributed by atoms with Crippen LogP contribution in [0.1, 0.15) is 17.3 Å². The molecule has 18 heavy (non-hydrogen) atoms. The number of hydrogen-bond donors (Lipinski definition) is 1. The summed E-state index contributed by atoms with van der Waals surface area (Å²) in [5.41, 5.74) is 8.20. The van der Waals surface area contributed by atoms with Gasteiger partial charge in [0, 0.05) is 47.1 Å². The summed E-state index contributed by atoms with van der Waals surface area (Å²) < 4.78 is 2.97. The lowest BCUT2D eigenvalue weighted by molar-refractivity contribution is 0.706. The van der Waals surface area contributed by atoms with Crippen LogP contribution in [-0.2, 0) is 6.42 Å². The fourth-order valence-electron chi connectivity index (χ4n) is 1.85. The number of fused-ring (bicyclic) bond motifs is 1. The van der Waals surface area contributed by atoms with Crippen molar-refractivity contribution in [1.82, 2.24) is 14.4 Å². The van der Waals surface area contributed by atoms with Gasteiger partial charge in [-0.1, -0.05) is 0 Å². The first-order valence-electron chi connectivity index (χ1n) is 5.49. The molecule has 3 aromatic heterocycles. The second-order valence-electron chi connectivity index (χ2n) is 4.07. The van der Waals surface area contributed by atoms with Gasteiger partial charge >= 0.3 is 0 Å². The van der Waals surface area contributed by atoms with Gasteiger partial charge in [-0.15, -0.1) is 11.3 Å². The summed E-state index contributed by atoms with van der Waals surface area (Å²) in [5, 5.41) is 2.02. The Labute approximate surface area is 117 Å². The first-order valence-corrected chi connectivity index (χ1v) is 7.17. The van der Waals surface area contributed by atoms with E-state index in [1.54, 1.807) is 23.7 Å². The zero-order valence-electron chi connectivity index (χ0n) is 9.45. The van der Waals surface area contributed by atoms with Crippen LogP contribution < -0.4 is 5.73 Å². The molecule has 3 aromatic rings. The predicted molar refractivity (Wildman–Crippen MR) is 75.6 cm³/mol. The molecule has 2 N–H and O–H groups in total. The third-order valence-electron chi connectivity index (χ3n) is 2.73. The van der Waals surface area contributed by atoms with E-state index < -0.39 is 0 Å². The van der Waals surface area contributed by atoms with Crippen LogP contribution in [0.3, 0.4) is 0 Å². The molecule has 3 rings (SSSR count). The Bertz CT molecular complexity index is 647. The molecule has 92 valence electrons. The van der Waals surface area contributed by atoms with E-state index in [1.807, 2.05) is 28.2 Å². The van der Waals surface area contributed by atoms with E-state index in [0.29, 0.717) is 6.42 Å². The van der Waals surface area contributed by atoms with Gasteiger partial charge in [0.15, 0.2) is 4.96 Å². The van der Waals surface area contributed by atoms with Crippen molar-refractivity contribution in [2.24, 2.45) is 5.73 Å². The maximum Gasteiger partial charge on any atom is 0.193 e. The highest BCUT2D eigenvalue weighted by Crippen LogP contribution is 2.19. The molecule has 0 amide bonds. The van der Waals surface area contributed by atoms with Crippen LogP contribution in [-0.4, -0.2) is 14.4 Å². The number of hydrogen-bond acceptors (Lipinski definition) is 4. The van der Waals surface area contributed by atoms with Gasteiger partial charge in [-0.3, -0.25) is 9.38 Å². The number of nitrogens with two attached hydrogens (primary N) is 1. The molecule has 4 nitrogen and oxygen atoms in total. The highest BCUT2D eigenvalue weighted by Gasteiger charge is 2.11. The van der Waals surface area contributed by atoms with E-state index in [2.05, 4.69) is 25.9 Å². The summed E-state index contributed by atoms with van der Waals surface area (Å²) in [6.45, 7) is 0. The number of thiazole rings is 1. The van der Waals surface area contributed by atoms with Crippen molar-refractivity contribution in [3.05, 3.63) is 52.0 Å². The molecule has 0 aliphatic carbocycles. The molecular weight excluding hydrogens is 312 g/mol. The monoisotopic (exact) mass is 322 g/mol. The minimum absolute atomic E-state index is 0.0837. The third-order valence-corrected chi connectivity index (χ3v) is 3.93. The van der Waals surface area contributed by atoms with Gasteiger partial charge in [0.2, 0.25) is 0 Å². The maximum absolute atomic E-state index is 6.18. The molecule has 0 aliphatic heterocycles. The van der Waals surface area contributed by atoms with Gasteiger partial charge in [0.1, 0.15) is 0 Å². The molecule has 0 bridgehead atoms. The smallest absolute Gasteiger partial charge is 0.193 e. The summed E-state index contributed by atoms with van der Waals surface area (Å²) in [6.07, 6.45) is 8.29. The SMILES string of the molecule is NC(Cc1cn2ccsc2n1)c1cncc(Br)c1. The molecular formula is C12H11BrN4S.